The number of carboxylic acids is 1. The van der Waals surface area contributed by atoms with Crippen LogP contribution in [0.15, 0.2) is 54.6 Å². The Bertz CT molecular complexity index is 837. The molecule has 0 radical (unpaired) electrons. The number of benzene rings is 2. The fraction of sp³-hybridized carbons (Fsp3) is 0.318. The molecule has 0 aliphatic rings. The number of amides is 3. The highest BCUT2D eigenvalue weighted by molar-refractivity contribution is 5.97. The first-order valence-corrected chi connectivity index (χ1v) is 9.57. The molecule has 2 aromatic rings. The molecule has 0 saturated carbocycles. The Hall–Kier alpha value is -3.35. The van der Waals surface area contributed by atoms with E-state index in [1.807, 2.05) is 44.2 Å². The summed E-state index contributed by atoms with van der Waals surface area (Å²) in [7, 11) is 0. The Balaban J connectivity index is 2.15. The molecule has 0 fully saturated rings. The van der Waals surface area contributed by atoms with Gasteiger partial charge in [-0.25, -0.2) is 4.79 Å². The maximum atomic E-state index is 13.1. The Labute approximate surface area is 170 Å². The predicted octanol–water partition coefficient (Wildman–Crippen LogP) is 3.72. The summed E-state index contributed by atoms with van der Waals surface area (Å²) in [6.45, 7) is 4.42. The molecule has 7 heteroatoms. The second kappa shape index (κ2) is 10.8. The van der Waals surface area contributed by atoms with Gasteiger partial charge in [0.05, 0.1) is 0 Å². The zero-order valence-corrected chi connectivity index (χ0v) is 16.7. The smallest absolute Gasteiger partial charge is 0.319 e. The SMILES string of the molecule is CC(C)NC(=O)Nc1cccc(C(=O)N(CCCC(=O)O)Cc2ccccc2)c1. The molecule has 3 N–H and O–H groups in total. The number of nitrogens with zero attached hydrogens (tertiary/aromatic N) is 1. The van der Waals surface area contributed by atoms with Crippen molar-refractivity contribution in [3.05, 3.63) is 65.7 Å². The van der Waals surface area contributed by atoms with Gasteiger partial charge < -0.3 is 20.6 Å². The van der Waals surface area contributed by atoms with Crippen molar-refractivity contribution >= 4 is 23.6 Å². The summed E-state index contributed by atoms with van der Waals surface area (Å²) in [5.41, 5.74) is 1.90. The van der Waals surface area contributed by atoms with Crippen LogP contribution in [-0.4, -0.2) is 40.5 Å². The molecule has 154 valence electrons. The van der Waals surface area contributed by atoms with Gasteiger partial charge in [-0.15, -0.1) is 0 Å². The molecule has 0 saturated heterocycles. The molecule has 0 aliphatic heterocycles. The summed E-state index contributed by atoms with van der Waals surface area (Å²) >= 11 is 0. The van der Waals surface area contributed by atoms with Crippen LogP contribution in [0.2, 0.25) is 0 Å². The van der Waals surface area contributed by atoms with Crippen molar-refractivity contribution in [3.8, 4) is 0 Å². The van der Waals surface area contributed by atoms with Gasteiger partial charge in [0.2, 0.25) is 0 Å². The van der Waals surface area contributed by atoms with Gasteiger partial charge in [0.15, 0.2) is 0 Å². The van der Waals surface area contributed by atoms with Gasteiger partial charge >= 0.3 is 12.0 Å². The molecule has 0 bridgehead atoms. The van der Waals surface area contributed by atoms with Crippen LogP contribution in [0.25, 0.3) is 0 Å². The van der Waals surface area contributed by atoms with E-state index < -0.39 is 5.97 Å². The molecule has 0 spiro atoms. The van der Waals surface area contributed by atoms with Gasteiger partial charge in [-0.1, -0.05) is 36.4 Å². The standard InChI is InChI=1S/C22H27N3O4/c1-16(2)23-22(29)24-19-11-6-10-18(14-19)21(28)25(13-7-12-20(26)27)15-17-8-4-3-5-9-17/h3-6,8-11,14,16H,7,12-13,15H2,1-2H3,(H,26,27)(H2,23,24,29). The quantitative estimate of drug-likeness (QED) is 0.600. The van der Waals surface area contributed by atoms with E-state index in [0.717, 1.165) is 5.56 Å². The van der Waals surface area contributed by atoms with Gasteiger partial charge in [0.25, 0.3) is 5.91 Å². The zero-order valence-electron chi connectivity index (χ0n) is 16.7. The molecule has 0 unspecified atom stereocenters. The normalized spacial score (nSPS) is 10.4. The summed E-state index contributed by atoms with van der Waals surface area (Å²) in [4.78, 5) is 37.5. The lowest BCUT2D eigenvalue weighted by Crippen LogP contribution is -2.34. The number of rotatable bonds is 9. The monoisotopic (exact) mass is 397 g/mol. The number of aliphatic carboxylic acids is 1. The summed E-state index contributed by atoms with van der Waals surface area (Å²) in [5, 5.41) is 14.4. The van der Waals surface area contributed by atoms with Crippen LogP contribution >= 0.6 is 0 Å². The van der Waals surface area contributed by atoms with Crippen molar-refractivity contribution in [2.24, 2.45) is 0 Å². The molecule has 3 amide bonds. The van der Waals surface area contributed by atoms with Crippen molar-refractivity contribution in [3.63, 3.8) is 0 Å². The van der Waals surface area contributed by atoms with Crippen molar-refractivity contribution in [1.29, 1.82) is 0 Å². The Kier molecular flexibility index (Phi) is 8.21. The van der Waals surface area contributed by atoms with Crippen molar-refractivity contribution < 1.29 is 19.5 Å². The van der Waals surface area contributed by atoms with E-state index in [0.29, 0.717) is 30.8 Å². The Morgan fingerprint density at radius 2 is 1.76 bits per heavy atom. The number of carbonyl (C=O) groups is 3. The van der Waals surface area contributed by atoms with Crippen molar-refractivity contribution in [2.45, 2.75) is 39.3 Å². The third kappa shape index (κ3) is 7.65. The molecule has 7 nitrogen and oxygen atoms in total. The Morgan fingerprint density at radius 3 is 2.41 bits per heavy atom. The molecule has 29 heavy (non-hydrogen) atoms. The zero-order chi connectivity index (χ0) is 21.2. The highest BCUT2D eigenvalue weighted by Gasteiger charge is 2.17. The molecular formula is C22H27N3O4. The summed E-state index contributed by atoms with van der Waals surface area (Å²) < 4.78 is 0. The lowest BCUT2D eigenvalue weighted by molar-refractivity contribution is -0.137. The van der Waals surface area contributed by atoms with Gasteiger partial charge in [-0.3, -0.25) is 9.59 Å². The number of anilines is 1. The molecule has 2 rings (SSSR count). The summed E-state index contributed by atoms with van der Waals surface area (Å²) in [5.74, 6) is -1.10. The van der Waals surface area contributed by atoms with E-state index in [4.69, 9.17) is 5.11 Å². The van der Waals surface area contributed by atoms with Gasteiger partial charge in [-0.05, 0) is 44.0 Å². The summed E-state index contributed by atoms with van der Waals surface area (Å²) in [6.07, 6.45) is 0.359. The van der Waals surface area contributed by atoms with E-state index in [2.05, 4.69) is 10.6 Å². The molecular weight excluding hydrogens is 370 g/mol. The van der Waals surface area contributed by atoms with E-state index in [-0.39, 0.29) is 24.4 Å². The van der Waals surface area contributed by atoms with Gasteiger partial charge in [0.1, 0.15) is 0 Å². The molecule has 0 heterocycles. The van der Waals surface area contributed by atoms with Crippen LogP contribution in [0.1, 0.15) is 42.6 Å². The largest absolute Gasteiger partial charge is 0.481 e. The van der Waals surface area contributed by atoms with E-state index in [9.17, 15) is 14.4 Å². The van der Waals surface area contributed by atoms with Crippen LogP contribution in [0.3, 0.4) is 0 Å². The van der Waals surface area contributed by atoms with E-state index in [1.54, 1.807) is 29.2 Å². The van der Waals surface area contributed by atoms with E-state index >= 15 is 0 Å². The fourth-order valence-corrected chi connectivity index (χ4v) is 2.82. The van der Waals surface area contributed by atoms with Gasteiger partial charge in [-0.2, -0.15) is 0 Å². The number of nitrogens with one attached hydrogen (secondary N) is 2. The lowest BCUT2D eigenvalue weighted by atomic mass is 10.1. The first-order valence-electron chi connectivity index (χ1n) is 9.57. The topological polar surface area (TPSA) is 98.7 Å². The Morgan fingerprint density at radius 1 is 1.03 bits per heavy atom. The van der Waals surface area contributed by atoms with Crippen LogP contribution in [0.5, 0.6) is 0 Å². The summed E-state index contributed by atoms with van der Waals surface area (Å²) in [6, 6.07) is 15.9. The van der Waals surface area contributed by atoms with Gasteiger partial charge in [0, 0.05) is 36.8 Å². The number of urea groups is 1. The maximum Gasteiger partial charge on any atom is 0.319 e. The van der Waals surface area contributed by atoms with Crippen molar-refractivity contribution in [1.82, 2.24) is 10.2 Å². The molecule has 0 atom stereocenters. The molecule has 0 aliphatic carbocycles. The third-order valence-corrected chi connectivity index (χ3v) is 4.11. The average Bonchev–Trinajstić information content (AvgIpc) is 2.66. The first kappa shape index (κ1) is 21.9. The highest BCUT2D eigenvalue weighted by Crippen LogP contribution is 2.16. The van der Waals surface area contributed by atoms with E-state index in [1.165, 1.54) is 0 Å². The maximum absolute atomic E-state index is 13.1. The highest BCUT2D eigenvalue weighted by atomic mass is 16.4. The predicted molar refractivity (Wildman–Crippen MR) is 112 cm³/mol. The number of carboxylic acid groups (broad SMARTS) is 1. The minimum atomic E-state index is -0.889. The second-order valence-electron chi connectivity index (χ2n) is 7.04. The number of hydrogen-bond donors (Lipinski definition) is 3. The first-order chi connectivity index (χ1) is 13.8. The minimum Gasteiger partial charge on any atom is -0.481 e. The van der Waals surface area contributed by atoms with Crippen LogP contribution < -0.4 is 10.6 Å². The lowest BCUT2D eigenvalue weighted by Gasteiger charge is -2.23. The molecule has 0 aromatic heterocycles. The second-order valence-corrected chi connectivity index (χ2v) is 7.04. The minimum absolute atomic E-state index is 0.00425. The number of hydrogen-bond acceptors (Lipinski definition) is 3. The van der Waals surface area contributed by atoms with Crippen LogP contribution in [0.4, 0.5) is 10.5 Å². The molecule has 2 aromatic carbocycles. The third-order valence-electron chi connectivity index (χ3n) is 4.11. The average molecular weight is 397 g/mol. The van der Waals surface area contributed by atoms with Crippen LogP contribution in [-0.2, 0) is 11.3 Å². The number of carbonyl (C=O) groups excluding carboxylic acids is 2. The van der Waals surface area contributed by atoms with Crippen molar-refractivity contribution in [2.75, 3.05) is 11.9 Å². The fourth-order valence-electron chi connectivity index (χ4n) is 2.82. The van der Waals surface area contributed by atoms with Crippen LogP contribution in [0, 0.1) is 0 Å².